The van der Waals surface area contributed by atoms with Crippen molar-refractivity contribution in [3.63, 3.8) is 0 Å². The van der Waals surface area contributed by atoms with Gasteiger partial charge in [0.2, 0.25) is 0 Å². The average Bonchev–Trinajstić information content (AvgIpc) is 3.14. The predicted octanol–water partition coefficient (Wildman–Crippen LogP) is 7.87. The summed E-state index contributed by atoms with van der Waals surface area (Å²) < 4.78 is 0. The predicted molar refractivity (Wildman–Crippen MR) is 128 cm³/mol. The van der Waals surface area contributed by atoms with Gasteiger partial charge in [-0.3, -0.25) is 0 Å². The van der Waals surface area contributed by atoms with Crippen LogP contribution in [0.3, 0.4) is 0 Å². The van der Waals surface area contributed by atoms with Crippen molar-refractivity contribution in [3.05, 3.63) is 149 Å². The molecule has 0 nitrogen and oxygen atoms in total. The molecule has 30 heavy (non-hydrogen) atoms. The molecule has 0 fully saturated rings. The Bertz CT molecular complexity index is 1200. The Labute approximate surface area is 178 Å². The van der Waals surface area contributed by atoms with Crippen LogP contribution in [0.2, 0.25) is 0 Å². The van der Waals surface area contributed by atoms with Crippen LogP contribution >= 0.6 is 0 Å². The molecule has 0 amide bonds. The Morgan fingerprint density at radius 3 is 1.33 bits per heavy atom. The van der Waals surface area contributed by atoms with Crippen molar-refractivity contribution < 1.29 is 0 Å². The van der Waals surface area contributed by atoms with Crippen molar-refractivity contribution in [2.24, 2.45) is 0 Å². The molecule has 4 aromatic rings. The highest BCUT2D eigenvalue weighted by Gasteiger charge is 2.34. The van der Waals surface area contributed by atoms with E-state index in [4.69, 9.17) is 0 Å². The Hall–Kier alpha value is -3.64. The third kappa shape index (κ3) is 3.21. The monoisotopic (exact) mass is 384 g/mol. The second kappa shape index (κ2) is 8.00. The topological polar surface area (TPSA) is 0 Å². The molecular formula is C30H24. The van der Waals surface area contributed by atoms with E-state index in [1.165, 1.54) is 44.5 Å². The zero-order valence-corrected chi connectivity index (χ0v) is 17.1. The SMILES string of the molecule is CC1=C(c2ccccc2)C(c2ccccc2)=C(c2ccccc2)C1c1ccccc1. The molecule has 0 aliphatic heterocycles. The highest BCUT2D eigenvalue weighted by Crippen LogP contribution is 2.55. The molecule has 0 heterocycles. The molecule has 144 valence electrons. The molecular weight excluding hydrogens is 360 g/mol. The standard InChI is InChI=1S/C30H24/c1-22-27(23-14-6-2-7-15-23)29(25-18-10-4-11-19-25)30(26-20-12-5-13-21-26)28(22)24-16-8-3-9-17-24/h2-21,27H,1H3. The van der Waals surface area contributed by atoms with Crippen molar-refractivity contribution in [1.29, 1.82) is 0 Å². The van der Waals surface area contributed by atoms with Crippen molar-refractivity contribution in [2.75, 3.05) is 0 Å². The minimum atomic E-state index is 0.235. The highest BCUT2D eigenvalue weighted by atomic mass is 14.4. The lowest BCUT2D eigenvalue weighted by molar-refractivity contribution is 1.03. The summed E-state index contributed by atoms with van der Waals surface area (Å²) in [5.41, 5.74) is 10.7. The van der Waals surface area contributed by atoms with Crippen LogP contribution in [0, 0.1) is 0 Å². The number of rotatable bonds is 4. The van der Waals surface area contributed by atoms with Gasteiger partial charge in [0.25, 0.3) is 0 Å². The maximum atomic E-state index is 2.30. The van der Waals surface area contributed by atoms with E-state index in [9.17, 15) is 0 Å². The van der Waals surface area contributed by atoms with Gasteiger partial charge in [-0.2, -0.15) is 0 Å². The molecule has 5 rings (SSSR count). The minimum Gasteiger partial charge on any atom is -0.0622 e. The van der Waals surface area contributed by atoms with Gasteiger partial charge in [-0.1, -0.05) is 127 Å². The summed E-state index contributed by atoms with van der Waals surface area (Å²) in [6, 6.07) is 43.4. The number of benzene rings is 4. The zero-order chi connectivity index (χ0) is 20.3. The van der Waals surface area contributed by atoms with Gasteiger partial charge in [-0.15, -0.1) is 0 Å². The molecule has 1 atom stereocenters. The van der Waals surface area contributed by atoms with Crippen molar-refractivity contribution in [3.8, 4) is 0 Å². The normalized spacial score (nSPS) is 16.2. The molecule has 0 bridgehead atoms. The fourth-order valence-corrected chi connectivity index (χ4v) is 4.71. The molecule has 0 heteroatoms. The van der Waals surface area contributed by atoms with Gasteiger partial charge in [0, 0.05) is 5.92 Å². The summed E-state index contributed by atoms with van der Waals surface area (Å²) in [6.45, 7) is 2.30. The molecule has 4 aromatic carbocycles. The molecule has 0 spiro atoms. The largest absolute Gasteiger partial charge is 0.0622 e. The Morgan fingerprint density at radius 1 is 0.433 bits per heavy atom. The number of allylic oxidation sites excluding steroid dienone is 4. The summed E-state index contributed by atoms with van der Waals surface area (Å²) in [6.07, 6.45) is 0. The third-order valence-electron chi connectivity index (χ3n) is 5.98. The summed E-state index contributed by atoms with van der Waals surface area (Å²) in [5, 5.41) is 0. The summed E-state index contributed by atoms with van der Waals surface area (Å²) in [5.74, 6) is 0.235. The lowest BCUT2D eigenvalue weighted by atomic mass is 9.84. The van der Waals surface area contributed by atoms with E-state index in [-0.39, 0.29) is 5.92 Å². The van der Waals surface area contributed by atoms with Gasteiger partial charge >= 0.3 is 0 Å². The van der Waals surface area contributed by atoms with Crippen molar-refractivity contribution in [2.45, 2.75) is 12.8 Å². The molecule has 1 aliphatic rings. The van der Waals surface area contributed by atoms with E-state index in [1.54, 1.807) is 0 Å². The first-order chi connectivity index (χ1) is 14.8. The second-order valence-corrected chi connectivity index (χ2v) is 7.79. The van der Waals surface area contributed by atoms with Crippen LogP contribution in [0.4, 0.5) is 0 Å². The first-order valence-electron chi connectivity index (χ1n) is 10.5. The fourth-order valence-electron chi connectivity index (χ4n) is 4.71. The smallest absolute Gasteiger partial charge is 0.0317 e. The lowest BCUT2D eigenvalue weighted by Crippen LogP contribution is -2.01. The van der Waals surface area contributed by atoms with E-state index in [1.807, 2.05) is 0 Å². The molecule has 1 aliphatic carbocycles. The molecule has 0 aromatic heterocycles. The second-order valence-electron chi connectivity index (χ2n) is 7.79. The van der Waals surface area contributed by atoms with Crippen LogP contribution in [0.15, 0.2) is 127 Å². The maximum absolute atomic E-state index is 2.30. The van der Waals surface area contributed by atoms with Crippen LogP contribution in [0.5, 0.6) is 0 Å². The van der Waals surface area contributed by atoms with E-state index >= 15 is 0 Å². The van der Waals surface area contributed by atoms with Crippen LogP contribution in [0.25, 0.3) is 16.7 Å². The van der Waals surface area contributed by atoms with Gasteiger partial charge in [0.15, 0.2) is 0 Å². The Balaban J connectivity index is 1.86. The quantitative estimate of drug-likeness (QED) is 0.336. The van der Waals surface area contributed by atoms with Crippen molar-refractivity contribution in [1.82, 2.24) is 0 Å². The molecule has 0 N–H and O–H groups in total. The maximum Gasteiger partial charge on any atom is 0.0317 e. The van der Waals surface area contributed by atoms with E-state index in [0.717, 1.165) is 0 Å². The van der Waals surface area contributed by atoms with Crippen LogP contribution in [-0.2, 0) is 0 Å². The van der Waals surface area contributed by atoms with E-state index in [0.29, 0.717) is 0 Å². The lowest BCUT2D eigenvalue weighted by Gasteiger charge is -2.19. The molecule has 0 saturated carbocycles. The number of hydrogen-bond donors (Lipinski definition) is 0. The molecule has 1 unspecified atom stereocenters. The fraction of sp³-hybridized carbons (Fsp3) is 0.0667. The minimum absolute atomic E-state index is 0.235. The average molecular weight is 385 g/mol. The number of hydrogen-bond acceptors (Lipinski definition) is 0. The molecule has 0 radical (unpaired) electrons. The van der Waals surface area contributed by atoms with E-state index < -0.39 is 0 Å². The first-order valence-corrected chi connectivity index (χ1v) is 10.5. The molecule has 0 saturated heterocycles. The van der Waals surface area contributed by atoms with Gasteiger partial charge < -0.3 is 0 Å². The van der Waals surface area contributed by atoms with Gasteiger partial charge in [0.05, 0.1) is 0 Å². The Morgan fingerprint density at radius 2 is 0.833 bits per heavy atom. The summed E-state index contributed by atoms with van der Waals surface area (Å²) in [4.78, 5) is 0. The van der Waals surface area contributed by atoms with Crippen molar-refractivity contribution >= 4 is 16.7 Å². The zero-order valence-electron chi connectivity index (χ0n) is 17.1. The highest BCUT2D eigenvalue weighted by molar-refractivity contribution is 6.21. The van der Waals surface area contributed by atoms with E-state index in [2.05, 4.69) is 128 Å². The van der Waals surface area contributed by atoms with Crippen LogP contribution in [-0.4, -0.2) is 0 Å². The van der Waals surface area contributed by atoms with Gasteiger partial charge in [-0.05, 0) is 45.9 Å². The van der Waals surface area contributed by atoms with Crippen LogP contribution < -0.4 is 0 Å². The van der Waals surface area contributed by atoms with Crippen LogP contribution in [0.1, 0.15) is 35.1 Å². The first kappa shape index (κ1) is 18.4. The summed E-state index contributed by atoms with van der Waals surface area (Å²) >= 11 is 0. The van der Waals surface area contributed by atoms with Gasteiger partial charge in [0.1, 0.15) is 0 Å². The third-order valence-corrected chi connectivity index (χ3v) is 5.98. The Kier molecular flexibility index (Phi) is 4.91. The summed E-state index contributed by atoms with van der Waals surface area (Å²) in [7, 11) is 0. The van der Waals surface area contributed by atoms with Gasteiger partial charge in [-0.25, -0.2) is 0 Å².